The van der Waals surface area contributed by atoms with Crippen molar-refractivity contribution in [1.29, 1.82) is 0 Å². The van der Waals surface area contributed by atoms with Crippen LogP contribution in [0.15, 0.2) is 66.1 Å². The molecule has 0 aromatic heterocycles. The molecule has 7 heteroatoms. The van der Waals surface area contributed by atoms with Crippen molar-refractivity contribution in [2.75, 3.05) is 27.7 Å². The molecular formula is C19H20N2O3S2. The Labute approximate surface area is 158 Å². The highest BCUT2D eigenvalue weighted by Gasteiger charge is 2.28. The van der Waals surface area contributed by atoms with Crippen molar-refractivity contribution in [2.24, 2.45) is 0 Å². The highest BCUT2D eigenvalue weighted by molar-refractivity contribution is 7.99. The number of hydrogen-bond donors (Lipinski definition) is 1. The molecule has 0 bridgehead atoms. The fourth-order valence-corrected chi connectivity index (χ4v) is 5.07. The number of hydrogen-bond acceptors (Lipinski definition) is 4. The molecule has 1 N–H and O–H groups in total. The van der Waals surface area contributed by atoms with Crippen LogP contribution >= 0.6 is 11.8 Å². The SMILES string of the molecule is C=CCSc1ccccc1NC(=O)c1cccc(N2CCCS2(=O)=O)c1. The van der Waals surface area contributed by atoms with Crippen molar-refractivity contribution >= 4 is 39.1 Å². The van der Waals surface area contributed by atoms with Gasteiger partial charge in [0.1, 0.15) is 0 Å². The Morgan fingerprint density at radius 3 is 2.77 bits per heavy atom. The van der Waals surface area contributed by atoms with Gasteiger partial charge in [0.25, 0.3) is 5.91 Å². The van der Waals surface area contributed by atoms with Crippen LogP contribution in [0, 0.1) is 0 Å². The van der Waals surface area contributed by atoms with Gasteiger partial charge in [0.2, 0.25) is 10.0 Å². The summed E-state index contributed by atoms with van der Waals surface area (Å²) in [4.78, 5) is 13.6. The monoisotopic (exact) mass is 388 g/mol. The smallest absolute Gasteiger partial charge is 0.255 e. The second-order valence-electron chi connectivity index (χ2n) is 5.84. The molecule has 0 atom stereocenters. The molecule has 0 spiro atoms. The fraction of sp³-hybridized carbons (Fsp3) is 0.211. The highest BCUT2D eigenvalue weighted by Crippen LogP contribution is 2.28. The number of anilines is 2. The lowest BCUT2D eigenvalue weighted by Crippen LogP contribution is -2.25. The van der Waals surface area contributed by atoms with Crippen LogP contribution in [0.3, 0.4) is 0 Å². The van der Waals surface area contributed by atoms with Crippen molar-refractivity contribution in [3.8, 4) is 0 Å². The summed E-state index contributed by atoms with van der Waals surface area (Å²) in [7, 11) is -3.27. The first kappa shape index (κ1) is 18.5. The minimum absolute atomic E-state index is 0.150. The van der Waals surface area contributed by atoms with Crippen LogP contribution in [0.5, 0.6) is 0 Å². The van der Waals surface area contributed by atoms with Crippen molar-refractivity contribution in [1.82, 2.24) is 0 Å². The first-order valence-corrected chi connectivity index (χ1v) is 10.9. The predicted molar refractivity (Wildman–Crippen MR) is 108 cm³/mol. The number of sulfonamides is 1. The summed E-state index contributed by atoms with van der Waals surface area (Å²) in [6, 6.07) is 14.3. The number of benzene rings is 2. The second-order valence-corrected chi connectivity index (χ2v) is 8.92. The Hall–Kier alpha value is -2.25. The first-order chi connectivity index (χ1) is 12.5. The largest absolute Gasteiger partial charge is 0.321 e. The number of carbonyl (C=O) groups excluding carboxylic acids is 1. The molecule has 0 radical (unpaired) electrons. The quantitative estimate of drug-likeness (QED) is 0.604. The van der Waals surface area contributed by atoms with E-state index in [1.54, 1.807) is 36.0 Å². The zero-order valence-electron chi connectivity index (χ0n) is 14.2. The van der Waals surface area contributed by atoms with Crippen molar-refractivity contribution in [3.05, 3.63) is 66.7 Å². The lowest BCUT2D eigenvalue weighted by Gasteiger charge is -2.17. The van der Waals surface area contributed by atoms with E-state index in [4.69, 9.17) is 0 Å². The zero-order valence-corrected chi connectivity index (χ0v) is 15.9. The average molecular weight is 389 g/mol. The summed E-state index contributed by atoms with van der Waals surface area (Å²) < 4.78 is 25.6. The van der Waals surface area contributed by atoms with Gasteiger partial charge in [0.05, 0.1) is 17.1 Å². The van der Waals surface area contributed by atoms with Crippen LogP contribution in [0.1, 0.15) is 16.8 Å². The number of rotatable bonds is 6. The standard InChI is InChI=1S/C19H20N2O3S2/c1-2-12-25-18-10-4-3-9-17(18)20-19(22)15-7-5-8-16(14-15)21-11-6-13-26(21,23)24/h2-5,7-10,14H,1,6,11-13H2,(H,20,22). The van der Waals surface area contributed by atoms with E-state index in [2.05, 4.69) is 11.9 Å². The molecule has 0 unspecified atom stereocenters. The Balaban J connectivity index is 1.81. The minimum Gasteiger partial charge on any atom is -0.321 e. The predicted octanol–water partition coefficient (Wildman–Crippen LogP) is 3.76. The number of para-hydroxylation sites is 1. The summed E-state index contributed by atoms with van der Waals surface area (Å²) in [6.45, 7) is 4.16. The van der Waals surface area contributed by atoms with Gasteiger partial charge < -0.3 is 5.32 Å². The Morgan fingerprint density at radius 2 is 2.04 bits per heavy atom. The lowest BCUT2D eigenvalue weighted by atomic mass is 10.1. The van der Waals surface area contributed by atoms with Crippen LogP contribution in [0.25, 0.3) is 0 Å². The van der Waals surface area contributed by atoms with Gasteiger partial charge in [0.15, 0.2) is 0 Å². The van der Waals surface area contributed by atoms with Gasteiger partial charge in [0, 0.05) is 22.8 Å². The zero-order chi connectivity index (χ0) is 18.6. The molecular weight excluding hydrogens is 368 g/mol. The number of thioether (sulfide) groups is 1. The molecule has 136 valence electrons. The van der Waals surface area contributed by atoms with Gasteiger partial charge in [-0.15, -0.1) is 18.3 Å². The summed E-state index contributed by atoms with van der Waals surface area (Å²) in [6.07, 6.45) is 2.41. The molecule has 1 saturated heterocycles. The molecule has 26 heavy (non-hydrogen) atoms. The minimum atomic E-state index is -3.27. The van der Waals surface area contributed by atoms with Crippen LogP contribution in [0.4, 0.5) is 11.4 Å². The molecule has 2 aromatic rings. The second kappa shape index (κ2) is 7.97. The van der Waals surface area contributed by atoms with E-state index in [1.165, 1.54) is 4.31 Å². The summed E-state index contributed by atoms with van der Waals surface area (Å²) in [5, 5.41) is 2.91. The Bertz CT molecular complexity index is 926. The maximum atomic E-state index is 12.7. The van der Waals surface area contributed by atoms with Gasteiger partial charge in [-0.25, -0.2) is 8.42 Å². The molecule has 1 amide bonds. The van der Waals surface area contributed by atoms with Crippen LogP contribution < -0.4 is 9.62 Å². The molecule has 5 nitrogen and oxygen atoms in total. The van der Waals surface area contributed by atoms with Gasteiger partial charge in [-0.2, -0.15) is 0 Å². The number of nitrogens with zero attached hydrogens (tertiary/aromatic N) is 1. The Kier molecular flexibility index (Phi) is 5.68. The molecule has 1 heterocycles. The van der Waals surface area contributed by atoms with Gasteiger partial charge >= 0.3 is 0 Å². The molecule has 1 fully saturated rings. The maximum Gasteiger partial charge on any atom is 0.255 e. The van der Waals surface area contributed by atoms with Crippen molar-refractivity contribution < 1.29 is 13.2 Å². The van der Waals surface area contributed by atoms with E-state index in [0.717, 1.165) is 16.3 Å². The van der Waals surface area contributed by atoms with E-state index < -0.39 is 10.0 Å². The molecule has 2 aromatic carbocycles. The average Bonchev–Trinajstić information content (AvgIpc) is 3.00. The van der Waals surface area contributed by atoms with Crippen LogP contribution in [0.2, 0.25) is 0 Å². The number of nitrogens with one attached hydrogen (secondary N) is 1. The van der Waals surface area contributed by atoms with E-state index in [0.29, 0.717) is 24.2 Å². The summed E-state index contributed by atoms with van der Waals surface area (Å²) in [5.74, 6) is 0.627. The third-order valence-electron chi connectivity index (χ3n) is 3.99. The molecule has 3 rings (SSSR count). The number of amides is 1. The summed E-state index contributed by atoms with van der Waals surface area (Å²) >= 11 is 1.59. The molecule has 1 aliphatic heterocycles. The van der Waals surface area contributed by atoms with Gasteiger partial charge in [-0.05, 0) is 36.8 Å². The number of carbonyl (C=O) groups is 1. The maximum absolute atomic E-state index is 12.7. The van der Waals surface area contributed by atoms with E-state index in [9.17, 15) is 13.2 Å². The van der Waals surface area contributed by atoms with E-state index >= 15 is 0 Å². The first-order valence-electron chi connectivity index (χ1n) is 8.26. The lowest BCUT2D eigenvalue weighted by molar-refractivity contribution is 0.102. The summed E-state index contributed by atoms with van der Waals surface area (Å²) in [5.41, 5.74) is 1.68. The van der Waals surface area contributed by atoms with Gasteiger partial charge in [-0.3, -0.25) is 9.10 Å². The van der Waals surface area contributed by atoms with Crippen molar-refractivity contribution in [2.45, 2.75) is 11.3 Å². The molecule has 0 aliphatic carbocycles. The van der Waals surface area contributed by atoms with E-state index in [-0.39, 0.29) is 11.7 Å². The Morgan fingerprint density at radius 1 is 1.23 bits per heavy atom. The van der Waals surface area contributed by atoms with Crippen LogP contribution in [-0.2, 0) is 10.0 Å². The molecule has 0 saturated carbocycles. The van der Waals surface area contributed by atoms with Crippen molar-refractivity contribution in [3.63, 3.8) is 0 Å². The normalized spacial score (nSPS) is 15.6. The third-order valence-corrected chi connectivity index (χ3v) is 6.93. The fourth-order valence-electron chi connectivity index (χ4n) is 2.77. The van der Waals surface area contributed by atoms with Gasteiger partial charge in [-0.1, -0.05) is 24.3 Å². The topological polar surface area (TPSA) is 66.5 Å². The highest BCUT2D eigenvalue weighted by atomic mass is 32.2. The van der Waals surface area contributed by atoms with E-state index in [1.807, 2.05) is 30.3 Å². The van der Waals surface area contributed by atoms with Crippen LogP contribution in [-0.4, -0.2) is 32.4 Å². The third kappa shape index (κ3) is 4.11. The molecule has 1 aliphatic rings.